The van der Waals surface area contributed by atoms with Crippen molar-refractivity contribution in [1.82, 2.24) is 4.98 Å². The number of nitrogens with zero attached hydrogens (tertiary/aromatic N) is 1. The lowest BCUT2D eigenvalue weighted by Crippen LogP contribution is -2.03. The van der Waals surface area contributed by atoms with Crippen molar-refractivity contribution in [2.45, 2.75) is 21.8 Å². The Labute approximate surface area is 126 Å². The van der Waals surface area contributed by atoms with Crippen molar-refractivity contribution in [3.63, 3.8) is 0 Å². The number of benzene rings is 2. The lowest BCUT2D eigenvalue weighted by Gasteiger charge is -2.04. The molecule has 100 valence electrons. The van der Waals surface area contributed by atoms with Crippen LogP contribution in [-0.4, -0.2) is 16.0 Å². The molecular weight excluding hydrogens is 286 g/mol. The van der Waals surface area contributed by atoms with E-state index in [-0.39, 0.29) is 0 Å². The zero-order valence-electron chi connectivity index (χ0n) is 10.8. The molecule has 0 radical (unpaired) electrons. The summed E-state index contributed by atoms with van der Waals surface area (Å²) in [5.41, 5.74) is 3.29. The number of oxazole rings is 1. The van der Waals surface area contributed by atoms with Gasteiger partial charge in [0.2, 0.25) is 0 Å². The molecule has 0 aliphatic carbocycles. The van der Waals surface area contributed by atoms with Crippen molar-refractivity contribution < 1.29 is 4.42 Å². The minimum Gasteiger partial charge on any atom is -0.431 e. The lowest BCUT2D eigenvalue weighted by molar-refractivity contribution is 0.489. The van der Waals surface area contributed by atoms with E-state index in [2.05, 4.69) is 29.2 Å². The molecule has 4 heteroatoms. The maximum absolute atomic E-state index is 5.75. The van der Waals surface area contributed by atoms with Crippen LogP contribution >= 0.6 is 23.5 Å². The maximum Gasteiger partial charge on any atom is 0.256 e. The molecule has 0 spiro atoms. The number of rotatable bonds is 3. The van der Waals surface area contributed by atoms with E-state index < -0.39 is 0 Å². The lowest BCUT2D eigenvalue weighted by atomic mass is 10.1. The molecule has 1 atom stereocenters. The average molecular weight is 299 g/mol. The predicted octanol–water partition coefficient (Wildman–Crippen LogP) is 4.64. The standard InChI is InChI=1S/C16H13NOS2/c1-4-8-15-11(5-1)9-12(20-15)10-19-16-17-13-6-2-3-7-14(13)18-16/h1-8,12H,9-10H2. The summed E-state index contributed by atoms with van der Waals surface area (Å²) >= 11 is 3.69. The topological polar surface area (TPSA) is 26.0 Å². The predicted molar refractivity (Wildman–Crippen MR) is 84.5 cm³/mol. The van der Waals surface area contributed by atoms with Crippen LogP contribution in [0, 0.1) is 0 Å². The molecule has 4 rings (SSSR count). The highest BCUT2D eigenvalue weighted by Gasteiger charge is 2.22. The highest BCUT2D eigenvalue weighted by molar-refractivity contribution is 8.03. The molecule has 2 aromatic carbocycles. The van der Waals surface area contributed by atoms with Crippen molar-refractivity contribution in [3.05, 3.63) is 54.1 Å². The fourth-order valence-corrected chi connectivity index (χ4v) is 4.74. The SMILES string of the molecule is c1ccc2c(c1)CC(CSc1nc3ccccc3o1)S2. The Kier molecular flexibility index (Phi) is 3.20. The van der Waals surface area contributed by atoms with E-state index in [0.29, 0.717) is 5.25 Å². The molecule has 2 heterocycles. The van der Waals surface area contributed by atoms with Gasteiger partial charge in [0, 0.05) is 15.9 Å². The van der Waals surface area contributed by atoms with Crippen molar-refractivity contribution in [2.75, 3.05) is 5.75 Å². The Morgan fingerprint density at radius 3 is 2.90 bits per heavy atom. The van der Waals surface area contributed by atoms with E-state index >= 15 is 0 Å². The molecule has 20 heavy (non-hydrogen) atoms. The van der Waals surface area contributed by atoms with E-state index in [1.54, 1.807) is 11.8 Å². The van der Waals surface area contributed by atoms with Crippen molar-refractivity contribution in [3.8, 4) is 0 Å². The Balaban J connectivity index is 1.44. The number of hydrogen-bond donors (Lipinski definition) is 0. The number of thioether (sulfide) groups is 2. The van der Waals surface area contributed by atoms with Crippen molar-refractivity contribution >= 4 is 34.6 Å². The zero-order chi connectivity index (χ0) is 13.4. The second kappa shape index (κ2) is 5.19. The van der Waals surface area contributed by atoms with Crippen LogP contribution in [-0.2, 0) is 6.42 Å². The molecule has 0 bridgehead atoms. The number of aromatic nitrogens is 1. The van der Waals surface area contributed by atoms with Gasteiger partial charge in [-0.1, -0.05) is 42.1 Å². The largest absolute Gasteiger partial charge is 0.431 e. The van der Waals surface area contributed by atoms with E-state index in [1.165, 1.54) is 10.5 Å². The number of fused-ring (bicyclic) bond motifs is 2. The Morgan fingerprint density at radius 1 is 1.15 bits per heavy atom. The summed E-state index contributed by atoms with van der Waals surface area (Å²) in [5.74, 6) is 1.03. The summed E-state index contributed by atoms with van der Waals surface area (Å²) < 4.78 is 5.75. The third-order valence-electron chi connectivity index (χ3n) is 3.38. The van der Waals surface area contributed by atoms with E-state index in [9.17, 15) is 0 Å². The van der Waals surface area contributed by atoms with Crippen LogP contribution in [0.5, 0.6) is 0 Å². The van der Waals surface area contributed by atoms with Crippen LogP contribution < -0.4 is 0 Å². The third kappa shape index (κ3) is 2.34. The first-order valence-electron chi connectivity index (χ1n) is 6.61. The first-order valence-corrected chi connectivity index (χ1v) is 8.48. The van der Waals surface area contributed by atoms with Gasteiger partial charge in [0.1, 0.15) is 5.52 Å². The Morgan fingerprint density at radius 2 is 2.00 bits per heavy atom. The van der Waals surface area contributed by atoms with Gasteiger partial charge in [-0.05, 0) is 30.2 Å². The number of para-hydroxylation sites is 2. The van der Waals surface area contributed by atoms with Gasteiger partial charge in [-0.2, -0.15) is 0 Å². The van der Waals surface area contributed by atoms with Gasteiger partial charge in [-0.15, -0.1) is 11.8 Å². The van der Waals surface area contributed by atoms with E-state index in [4.69, 9.17) is 4.42 Å². The second-order valence-electron chi connectivity index (χ2n) is 4.81. The molecule has 3 aromatic rings. The second-order valence-corrected chi connectivity index (χ2v) is 7.12. The highest BCUT2D eigenvalue weighted by Crippen LogP contribution is 2.39. The summed E-state index contributed by atoms with van der Waals surface area (Å²) in [4.78, 5) is 5.94. The van der Waals surface area contributed by atoms with Gasteiger partial charge in [0.15, 0.2) is 5.58 Å². The summed E-state index contributed by atoms with van der Waals surface area (Å²) in [6.07, 6.45) is 1.15. The Bertz CT molecular complexity index is 695. The van der Waals surface area contributed by atoms with Crippen LogP contribution in [0.15, 0.2) is 63.1 Å². The first-order chi connectivity index (χ1) is 9.88. The van der Waals surface area contributed by atoms with Crippen LogP contribution in [0.1, 0.15) is 5.56 Å². The fraction of sp³-hybridized carbons (Fsp3) is 0.188. The molecule has 0 N–H and O–H groups in total. The van der Waals surface area contributed by atoms with Crippen molar-refractivity contribution in [1.29, 1.82) is 0 Å². The van der Waals surface area contributed by atoms with Crippen LogP contribution in [0.4, 0.5) is 0 Å². The van der Waals surface area contributed by atoms with E-state index in [0.717, 1.165) is 28.5 Å². The molecule has 1 aromatic heterocycles. The normalized spacial score (nSPS) is 17.5. The molecule has 0 amide bonds. The monoisotopic (exact) mass is 299 g/mol. The molecule has 2 nitrogen and oxygen atoms in total. The average Bonchev–Trinajstić information content (AvgIpc) is 3.07. The Hall–Kier alpha value is -1.39. The molecule has 0 saturated carbocycles. The molecular formula is C16H13NOS2. The summed E-state index contributed by atoms with van der Waals surface area (Å²) in [5, 5.41) is 1.40. The van der Waals surface area contributed by atoms with Crippen molar-refractivity contribution in [2.24, 2.45) is 0 Å². The summed E-state index contributed by atoms with van der Waals surface area (Å²) in [6.45, 7) is 0. The fourth-order valence-electron chi connectivity index (χ4n) is 2.42. The highest BCUT2D eigenvalue weighted by atomic mass is 32.2. The molecule has 1 aliphatic heterocycles. The summed E-state index contributed by atoms with van der Waals surface area (Å²) in [6, 6.07) is 16.6. The van der Waals surface area contributed by atoms with Crippen LogP contribution in [0.25, 0.3) is 11.1 Å². The molecule has 0 saturated heterocycles. The van der Waals surface area contributed by atoms with E-state index in [1.807, 2.05) is 36.0 Å². The first kappa shape index (κ1) is 12.4. The maximum atomic E-state index is 5.75. The number of hydrogen-bond acceptors (Lipinski definition) is 4. The quantitative estimate of drug-likeness (QED) is 0.658. The molecule has 1 aliphatic rings. The third-order valence-corrected chi connectivity index (χ3v) is 5.90. The van der Waals surface area contributed by atoms with Gasteiger partial charge in [-0.25, -0.2) is 4.98 Å². The molecule has 1 unspecified atom stereocenters. The summed E-state index contributed by atoms with van der Waals surface area (Å²) in [7, 11) is 0. The van der Waals surface area contributed by atoms with Gasteiger partial charge in [-0.3, -0.25) is 0 Å². The van der Waals surface area contributed by atoms with Gasteiger partial charge in [0.05, 0.1) is 0 Å². The smallest absolute Gasteiger partial charge is 0.256 e. The minimum atomic E-state index is 0.618. The van der Waals surface area contributed by atoms with Gasteiger partial charge >= 0.3 is 0 Å². The zero-order valence-corrected chi connectivity index (χ0v) is 12.4. The van der Waals surface area contributed by atoms with Gasteiger partial charge < -0.3 is 4.42 Å². The van der Waals surface area contributed by atoms with Gasteiger partial charge in [0.25, 0.3) is 5.22 Å². The minimum absolute atomic E-state index is 0.618. The molecule has 0 fully saturated rings. The van der Waals surface area contributed by atoms with Crippen LogP contribution in [0.3, 0.4) is 0 Å². The van der Waals surface area contributed by atoms with Crippen LogP contribution in [0.2, 0.25) is 0 Å².